The van der Waals surface area contributed by atoms with Crippen LogP contribution < -0.4 is 9.62 Å². The summed E-state index contributed by atoms with van der Waals surface area (Å²) in [4.78, 5) is 3.17. The van der Waals surface area contributed by atoms with Gasteiger partial charge in [0.05, 0.1) is 10.9 Å². The maximum atomic E-state index is 12.9. The molecule has 0 amide bonds. The minimum Gasteiger partial charge on any atom is -0.327 e. The van der Waals surface area contributed by atoms with E-state index in [1.54, 1.807) is 6.07 Å². The Hall–Kier alpha value is -2.14. The number of sulfonamides is 1. The Bertz CT molecular complexity index is 801. The van der Waals surface area contributed by atoms with Crippen LogP contribution in [0.3, 0.4) is 0 Å². The molecule has 0 saturated carbocycles. The van der Waals surface area contributed by atoms with Crippen LogP contribution in [0.25, 0.3) is 0 Å². The van der Waals surface area contributed by atoms with Gasteiger partial charge in [0.1, 0.15) is 0 Å². The first-order valence-electron chi connectivity index (χ1n) is 7.01. The fourth-order valence-corrected chi connectivity index (χ4v) is 4.02. The quantitative estimate of drug-likeness (QED) is 0.890. The lowest BCUT2D eigenvalue weighted by Crippen LogP contribution is -2.42. The molecule has 1 unspecified atom stereocenters. The van der Waals surface area contributed by atoms with Crippen LogP contribution in [-0.2, 0) is 16.2 Å². The van der Waals surface area contributed by atoms with E-state index in [1.165, 1.54) is 24.3 Å². The molecule has 11 heteroatoms. The highest BCUT2D eigenvalue weighted by Crippen LogP contribution is 2.31. The smallest absolute Gasteiger partial charge is 0.327 e. The van der Waals surface area contributed by atoms with Crippen LogP contribution in [0.15, 0.2) is 39.8 Å². The fourth-order valence-electron chi connectivity index (χ4n) is 2.43. The average molecular weight is 362 g/mol. The van der Waals surface area contributed by atoms with Gasteiger partial charge in [-0.05, 0) is 30.3 Å². The second-order valence-corrected chi connectivity index (χ2v) is 6.97. The summed E-state index contributed by atoms with van der Waals surface area (Å²) in [7, 11) is -4.13. The largest absolute Gasteiger partial charge is 0.471 e. The summed E-state index contributed by atoms with van der Waals surface area (Å²) < 4.78 is 68.8. The maximum Gasteiger partial charge on any atom is 0.471 e. The number of anilines is 1. The Morgan fingerprint density at radius 2 is 1.96 bits per heavy atom. The highest BCUT2D eigenvalue weighted by atomic mass is 32.2. The van der Waals surface area contributed by atoms with Gasteiger partial charge in [-0.2, -0.15) is 18.2 Å². The third-order valence-corrected chi connectivity index (χ3v) is 5.37. The van der Waals surface area contributed by atoms with E-state index in [-0.39, 0.29) is 11.4 Å². The van der Waals surface area contributed by atoms with Crippen molar-refractivity contribution in [1.29, 1.82) is 0 Å². The number of aromatic nitrogens is 2. The van der Waals surface area contributed by atoms with Crippen molar-refractivity contribution in [1.82, 2.24) is 15.5 Å². The molecule has 1 saturated heterocycles. The highest BCUT2D eigenvalue weighted by Gasteiger charge is 2.42. The minimum atomic E-state index is -4.85. The van der Waals surface area contributed by atoms with Gasteiger partial charge in [-0.3, -0.25) is 0 Å². The minimum absolute atomic E-state index is 0.0599. The molecule has 2 heterocycles. The van der Waals surface area contributed by atoms with Crippen LogP contribution in [-0.4, -0.2) is 37.7 Å². The zero-order valence-electron chi connectivity index (χ0n) is 12.2. The topological polar surface area (TPSA) is 88.3 Å². The van der Waals surface area contributed by atoms with E-state index >= 15 is 0 Å². The molecule has 1 aromatic heterocycles. The molecule has 1 atom stereocenters. The summed E-state index contributed by atoms with van der Waals surface area (Å²) in [6.07, 6.45) is -4.43. The van der Waals surface area contributed by atoms with Crippen LogP contribution in [0.5, 0.6) is 0 Å². The first-order valence-corrected chi connectivity index (χ1v) is 8.45. The Morgan fingerprint density at radius 1 is 1.25 bits per heavy atom. The van der Waals surface area contributed by atoms with E-state index in [4.69, 9.17) is 0 Å². The number of benzene rings is 1. The van der Waals surface area contributed by atoms with Gasteiger partial charge in [0.2, 0.25) is 0 Å². The van der Waals surface area contributed by atoms with Gasteiger partial charge < -0.3 is 9.84 Å². The van der Waals surface area contributed by atoms with Crippen molar-refractivity contribution in [2.24, 2.45) is 0 Å². The molecule has 0 bridgehead atoms. The van der Waals surface area contributed by atoms with Crippen LogP contribution in [0.2, 0.25) is 0 Å². The molecule has 130 valence electrons. The van der Waals surface area contributed by atoms with E-state index in [9.17, 15) is 21.6 Å². The molecule has 0 aliphatic carbocycles. The first-order chi connectivity index (χ1) is 11.3. The number of alkyl halides is 3. The van der Waals surface area contributed by atoms with Crippen molar-refractivity contribution in [2.45, 2.75) is 23.5 Å². The zero-order chi connectivity index (χ0) is 17.4. The predicted octanol–water partition coefficient (Wildman–Crippen LogP) is 1.65. The standard InChI is InChI=1S/C13H13F3N4O3S/c14-13(15,16)11-18-12(19-23-11)20(9-6-7-17-8-9)24(21,22)10-4-2-1-3-5-10/h1-5,9,17H,6-8H2. The van der Waals surface area contributed by atoms with Gasteiger partial charge in [0.15, 0.2) is 0 Å². The van der Waals surface area contributed by atoms with Crippen molar-refractivity contribution in [3.63, 3.8) is 0 Å². The number of nitrogens with one attached hydrogen (secondary N) is 1. The normalized spacial score (nSPS) is 18.7. The Kier molecular flexibility index (Phi) is 4.22. The fraction of sp³-hybridized carbons (Fsp3) is 0.385. The van der Waals surface area contributed by atoms with Crippen LogP contribution in [0, 0.1) is 0 Å². The maximum absolute atomic E-state index is 12.9. The second kappa shape index (κ2) is 6.06. The molecule has 1 N–H and O–H groups in total. The van der Waals surface area contributed by atoms with Crippen molar-refractivity contribution < 1.29 is 26.1 Å². The number of nitrogens with zero attached hydrogens (tertiary/aromatic N) is 3. The second-order valence-electron chi connectivity index (χ2n) is 5.16. The average Bonchev–Trinajstić information content (AvgIpc) is 3.20. The number of halogens is 3. The van der Waals surface area contributed by atoms with Gasteiger partial charge >= 0.3 is 12.1 Å². The third-order valence-electron chi connectivity index (χ3n) is 3.52. The molecule has 24 heavy (non-hydrogen) atoms. The van der Waals surface area contributed by atoms with Crippen LogP contribution >= 0.6 is 0 Å². The predicted molar refractivity (Wildman–Crippen MR) is 76.7 cm³/mol. The van der Waals surface area contributed by atoms with Crippen LogP contribution in [0.4, 0.5) is 19.1 Å². The lowest BCUT2D eigenvalue weighted by molar-refractivity contribution is -0.159. The van der Waals surface area contributed by atoms with E-state index in [1.807, 2.05) is 0 Å². The Labute approximate surface area is 135 Å². The summed E-state index contributed by atoms with van der Waals surface area (Å²) in [5.41, 5.74) is 0. The summed E-state index contributed by atoms with van der Waals surface area (Å²) in [6.45, 7) is 0.817. The molecule has 3 rings (SSSR count). The number of hydrogen-bond donors (Lipinski definition) is 1. The zero-order valence-corrected chi connectivity index (χ0v) is 13.0. The van der Waals surface area contributed by atoms with Gasteiger partial charge in [0, 0.05) is 6.54 Å². The summed E-state index contributed by atoms with van der Waals surface area (Å²) in [5, 5.41) is 6.20. The van der Waals surface area contributed by atoms with E-state index in [0.717, 1.165) is 4.31 Å². The van der Waals surface area contributed by atoms with Crippen molar-refractivity contribution >= 4 is 16.0 Å². The van der Waals surface area contributed by atoms with E-state index in [2.05, 4.69) is 20.0 Å². The van der Waals surface area contributed by atoms with E-state index in [0.29, 0.717) is 13.0 Å². The summed E-state index contributed by atoms with van der Waals surface area (Å²) >= 11 is 0. The lowest BCUT2D eigenvalue weighted by Gasteiger charge is -2.26. The van der Waals surface area contributed by atoms with Crippen molar-refractivity contribution in [3.05, 3.63) is 36.2 Å². The molecule has 7 nitrogen and oxygen atoms in total. The van der Waals surface area contributed by atoms with Crippen LogP contribution in [0.1, 0.15) is 12.3 Å². The van der Waals surface area contributed by atoms with Gasteiger partial charge in [-0.25, -0.2) is 12.7 Å². The molecular formula is C13H13F3N4O3S. The van der Waals surface area contributed by atoms with Gasteiger partial charge in [-0.15, -0.1) is 0 Å². The molecule has 0 spiro atoms. The molecule has 1 aliphatic rings. The van der Waals surface area contributed by atoms with E-state index < -0.39 is 34.1 Å². The number of rotatable bonds is 4. The summed E-state index contributed by atoms with van der Waals surface area (Å²) in [5.74, 6) is -2.21. The summed E-state index contributed by atoms with van der Waals surface area (Å²) in [6, 6.07) is 6.79. The Morgan fingerprint density at radius 3 is 2.50 bits per heavy atom. The molecule has 1 aliphatic heterocycles. The SMILES string of the molecule is O=S(=O)(c1ccccc1)N(c1noc(C(F)(F)F)n1)C1CCNC1. The van der Waals surface area contributed by atoms with Crippen molar-refractivity contribution in [3.8, 4) is 0 Å². The molecular weight excluding hydrogens is 349 g/mol. The molecule has 0 radical (unpaired) electrons. The monoisotopic (exact) mass is 362 g/mol. The highest BCUT2D eigenvalue weighted by molar-refractivity contribution is 7.92. The van der Waals surface area contributed by atoms with Gasteiger partial charge in [0.25, 0.3) is 16.0 Å². The number of hydrogen-bond acceptors (Lipinski definition) is 6. The lowest BCUT2D eigenvalue weighted by atomic mass is 10.3. The Balaban J connectivity index is 2.06. The first kappa shape index (κ1) is 16.7. The molecule has 2 aromatic rings. The van der Waals surface area contributed by atoms with Crippen molar-refractivity contribution in [2.75, 3.05) is 17.4 Å². The molecule has 1 aromatic carbocycles. The molecule has 1 fully saturated rings. The third kappa shape index (κ3) is 3.08. The van der Waals surface area contributed by atoms with Gasteiger partial charge in [-0.1, -0.05) is 18.2 Å².